The lowest BCUT2D eigenvalue weighted by Crippen LogP contribution is -2.37. The van der Waals surface area contributed by atoms with Crippen LogP contribution >= 0.6 is 0 Å². The van der Waals surface area contributed by atoms with E-state index in [9.17, 15) is 9.90 Å². The Labute approximate surface area is 195 Å². The Morgan fingerprint density at radius 1 is 1.18 bits per heavy atom. The summed E-state index contributed by atoms with van der Waals surface area (Å²) in [5.74, 6) is 0.333. The van der Waals surface area contributed by atoms with E-state index < -0.39 is 6.10 Å². The molecule has 2 aromatic carbocycles. The van der Waals surface area contributed by atoms with E-state index in [1.54, 1.807) is 23.1 Å². The summed E-state index contributed by atoms with van der Waals surface area (Å²) >= 11 is 0. The number of likely N-dealkylation sites (N-methyl/N-ethyl adjacent to an activating group) is 1. The van der Waals surface area contributed by atoms with Crippen LogP contribution in [0.1, 0.15) is 36.2 Å². The number of rotatable bonds is 7. The van der Waals surface area contributed by atoms with Crippen LogP contribution in [0.5, 0.6) is 5.75 Å². The summed E-state index contributed by atoms with van der Waals surface area (Å²) in [7, 11) is 4.11. The van der Waals surface area contributed by atoms with Crippen LogP contribution in [-0.2, 0) is 6.42 Å². The number of nitrogens with zero attached hydrogens (tertiary/aromatic N) is 3. The number of hydrogen-bond acceptors (Lipinski definition) is 5. The SMILES string of the molecule is CC(C)C(O)COc1ccc2c(c1)CCN(c1ccc(N3CC[C@@H](N(C)C)C3)c(F)c1)C2=O. The largest absolute Gasteiger partial charge is 0.491 e. The number of amides is 1. The fourth-order valence-corrected chi connectivity index (χ4v) is 4.48. The molecule has 2 heterocycles. The van der Waals surface area contributed by atoms with Gasteiger partial charge in [-0.05, 0) is 74.8 Å². The van der Waals surface area contributed by atoms with E-state index in [2.05, 4.69) is 23.9 Å². The number of halogens is 1. The normalized spacial score (nSPS) is 19.4. The van der Waals surface area contributed by atoms with E-state index in [-0.39, 0.29) is 24.2 Å². The zero-order chi connectivity index (χ0) is 23.7. The van der Waals surface area contributed by atoms with E-state index in [4.69, 9.17) is 4.74 Å². The summed E-state index contributed by atoms with van der Waals surface area (Å²) in [6, 6.07) is 10.9. The Balaban J connectivity index is 1.46. The van der Waals surface area contributed by atoms with Crippen LogP contribution in [0, 0.1) is 11.7 Å². The van der Waals surface area contributed by atoms with E-state index >= 15 is 4.39 Å². The van der Waals surface area contributed by atoms with Gasteiger partial charge in [0.25, 0.3) is 5.91 Å². The smallest absolute Gasteiger partial charge is 0.258 e. The van der Waals surface area contributed by atoms with Crippen LogP contribution in [0.4, 0.5) is 15.8 Å². The van der Waals surface area contributed by atoms with Gasteiger partial charge in [0, 0.05) is 36.9 Å². The van der Waals surface area contributed by atoms with Gasteiger partial charge in [0.05, 0.1) is 11.8 Å². The van der Waals surface area contributed by atoms with Gasteiger partial charge in [-0.2, -0.15) is 0 Å². The molecule has 7 heteroatoms. The average Bonchev–Trinajstić information content (AvgIpc) is 3.28. The van der Waals surface area contributed by atoms with Gasteiger partial charge in [-0.15, -0.1) is 0 Å². The highest BCUT2D eigenvalue weighted by molar-refractivity contribution is 6.08. The third kappa shape index (κ3) is 4.99. The topological polar surface area (TPSA) is 56.3 Å². The summed E-state index contributed by atoms with van der Waals surface area (Å²) < 4.78 is 20.7. The predicted octanol–water partition coefficient (Wildman–Crippen LogP) is 3.56. The molecular formula is C26H34FN3O3. The van der Waals surface area contributed by atoms with Crippen LogP contribution in [-0.4, -0.2) is 68.4 Å². The van der Waals surface area contributed by atoms with E-state index in [1.165, 1.54) is 6.07 Å². The zero-order valence-corrected chi connectivity index (χ0v) is 19.9. The number of carbonyl (C=O) groups excluding carboxylic acids is 1. The molecule has 1 amide bonds. The summed E-state index contributed by atoms with van der Waals surface area (Å²) in [4.78, 5) is 19.1. The molecule has 6 nitrogen and oxygen atoms in total. The molecule has 2 aromatic rings. The molecule has 1 unspecified atom stereocenters. The van der Waals surface area contributed by atoms with Crippen molar-refractivity contribution in [1.29, 1.82) is 0 Å². The second kappa shape index (κ2) is 9.69. The Morgan fingerprint density at radius 2 is 1.97 bits per heavy atom. The van der Waals surface area contributed by atoms with Crippen molar-refractivity contribution in [1.82, 2.24) is 4.90 Å². The molecule has 1 N–H and O–H groups in total. The molecule has 2 aliphatic rings. The second-order valence-corrected chi connectivity index (χ2v) is 9.64. The third-order valence-corrected chi connectivity index (χ3v) is 6.82. The lowest BCUT2D eigenvalue weighted by atomic mass is 9.98. The maximum absolute atomic E-state index is 15.0. The maximum Gasteiger partial charge on any atom is 0.258 e. The highest BCUT2D eigenvalue weighted by Gasteiger charge is 2.29. The van der Waals surface area contributed by atoms with Crippen molar-refractivity contribution in [2.24, 2.45) is 5.92 Å². The van der Waals surface area contributed by atoms with Crippen molar-refractivity contribution in [3.05, 3.63) is 53.3 Å². The van der Waals surface area contributed by atoms with Crippen LogP contribution in [0.15, 0.2) is 36.4 Å². The number of carbonyl (C=O) groups is 1. The number of aliphatic hydroxyl groups is 1. The first-order chi connectivity index (χ1) is 15.7. The molecule has 0 spiro atoms. The molecule has 2 aliphatic heterocycles. The molecule has 1 saturated heterocycles. The summed E-state index contributed by atoms with van der Waals surface area (Å²) in [5, 5.41) is 9.96. The predicted molar refractivity (Wildman–Crippen MR) is 129 cm³/mol. The van der Waals surface area contributed by atoms with E-state index in [0.717, 1.165) is 25.1 Å². The van der Waals surface area contributed by atoms with Gasteiger partial charge < -0.3 is 24.5 Å². The van der Waals surface area contributed by atoms with Gasteiger partial charge in [-0.25, -0.2) is 4.39 Å². The molecular weight excluding hydrogens is 421 g/mol. The fraction of sp³-hybridized carbons (Fsp3) is 0.500. The van der Waals surface area contributed by atoms with Crippen molar-refractivity contribution >= 4 is 17.3 Å². The molecule has 1 fully saturated rings. The standard InChI is InChI=1S/C26H34FN3O3/c1-17(2)25(31)16-33-21-6-7-22-18(13-21)9-12-30(26(22)32)19-5-8-24(23(27)14-19)29-11-10-20(15-29)28(3)4/h5-8,13-14,17,20,25,31H,9-12,15-16H2,1-4H3/t20-,25?/m1/s1. The molecule has 0 saturated carbocycles. The summed E-state index contributed by atoms with van der Waals surface area (Å²) in [6.07, 6.45) is 1.13. The van der Waals surface area contributed by atoms with E-state index in [1.807, 2.05) is 26.0 Å². The Morgan fingerprint density at radius 3 is 2.64 bits per heavy atom. The number of benzene rings is 2. The summed E-state index contributed by atoms with van der Waals surface area (Å²) in [5.41, 5.74) is 2.70. The molecule has 0 radical (unpaired) electrons. The number of hydrogen-bond donors (Lipinski definition) is 1. The van der Waals surface area contributed by atoms with Crippen LogP contribution in [0.3, 0.4) is 0 Å². The number of fused-ring (bicyclic) bond motifs is 1. The minimum Gasteiger partial charge on any atom is -0.491 e. The van der Waals surface area contributed by atoms with E-state index in [0.29, 0.717) is 41.7 Å². The van der Waals surface area contributed by atoms with Crippen LogP contribution in [0.2, 0.25) is 0 Å². The molecule has 33 heavy (non-hydrogen) atoms. The monoisotopic (exact) mass is 455 g/mol. The van der Waals surface area contributed by atoms with Gasteiger partial charge in [0.2, 0.25) is 0 Å². The Kier molecular flexibility index (Phi) is 6.91. The average molecular weight is 456 g/mol. The maximum atomic E-state index is 15.0. The quantitative estimate of drug-likeness (QED) is 0.692. The fourth-order valence-electron chi connectivity index (χ4n) is 4.48. The van der Waals surface area contributed by atoms with Crippen molar-refractivity contribution < 1.29 is 19.0 Å². The molecule has 0 bridgehead atoms. The first-order valence-electron chi connectivity index (χ1n) is 11.7. The number of ether oxygens (including phenoxy) is 1. The minimum absolute atomic E-state index is 0.115. The van der Waals surface area contributed by atoms with Gasteiger partial charge in [-0.3, -0.25) is 4.79 Å². The Hall–Kier alpha value is -2.64. The van der Waals surface area contributed by atoms with Crippen molar-refractivity contribution in [3.8, 4) is 5.75 Å². The van der Waals surface area contributed by atoms with Gasteiger partial charge >= 0.3 is 0 Å². The minimum atomic E-state index is -0.537. The Bertz CT molecular complexity index is 1010. The molecule has 2 atom stereocenters. The lowest BCUT2D eigenvalue weighted by Gasteiger charge is -2.30. The molecule has 0 aromatic heterocycles. The second-order valence-electron chi connectivity index (χ2n) is 9.64. The third-order valence-electron chi connectivity index (χ3n) is 6.82. The van der Waals surface area contributed by atoms with Gasteiger partial charge in [0.1, 0.15) is 18.2 Å². The molecule has 4 rings (SSSR count). The first-order valence-corrected chi connectivity index (χ1v) is 11.7. The van der Waals surface area contributed by atoms with Crippen molar-refractivity contribution in [3.63, 3.8) is 0 Å². The number of anilines is 2. The first kappa shape index (κ1) is 23.5. The highest BCUT2D eigenvalue weighted by atomic mass is 19.1. The molecule has 0 aliphatic carbocycles. The van der Waals surface area contributed by atoms with Crippen molar-refractivity contribution in [2.45, 2.75) is 38.8 Å². The van der Waals surface area contributed by atoms with Crippen LogP contribution < -0.4 is 14.5 Å². The van der Waals surface area contributed by atoms with Crippen molar-refractivity contribution in [2.75, 3.05) is 50.1 Å². The number of aliphatic hydroxyl groups excluding tert-OH is 1. The highest BCUT2D eigenvalue weighted by Crippen LogP contribution is 2.32. The molecule has 178 valence electrons. The van der Waals surface area contributed by atoms with Gasteiger partial charge in [-0.1, -0.05) is 13.8 Å². The summed E-state index contributed by atoms with van der Waals surface area (Å²) in [6.45, 7) is 6.21. The van der Waals surface area contributed by atoms with Crippen LogP contribution in [0.25, 0.3) is 0 Å². The zero-order valence-electron chi connectivity index (χ0n) is 19.9. The lowest BCUT2D eigenvalue weighted by molar-refractivity contribution is 0.0700. The van der Waals surface area contributed by atoms with Gasteiger partial charge in [0.15, 0.2) is 0 Å².